The summed E-state index contributed by atoms with van der Waals surface area (Å²) < 4.78 is 15.3. The average Bonchev–Trinajstić information content (AvgIpc) is 2.46. The molecule has 1 nitrogen and oxygen atoms in total. The smallest absolute Gasteiger partial charge is 0.124 e. The summed E-state index contributed by atoms with van der Waals surface area (Å²) in [5.41, 5.74) is 2.41. The van der Waals surface area contributed by atoms with Crippen molar-refractivity contribution in [2.45, 2.75) is 25.8 Å². The van der Waals surface area contributed by atoms with Crippen molar-refractivity contribution in [2.75, 3.05) is 6.54 Å². The summed E-state index contributed by atoms with van der Waals surface area (Å²) in [7, 11) is 0. The van der Waals surface area contributed by atoms with Gasteiger partial charge >= 0.3 is 0 Å². The van der Waals surface area contributed by atoms with E-state index < -0.39 is 0 Å². The maximum absolute atomic E-state index is 13.2. The van der Waals surface area contributed by atoms with E-state index in [1.807, 2.05) is 6.07 Å². The molecule has 0 bridgehead atoms. The molecule has 21 heavy (non-hydrogen) atoms. The van der Waals surface area contributed by atoms with E-state index >= 15 is 0 Å². The van der Waals surface area contributed by atoms with Gasteiger partial charge < -0.3 is 5.32 Å². The third kappa shape index (κ3) is 4.76. The lowest BCUT2D eigenvalue weighted by Crippen LogP contribution is -2.25. The van der Waals surface area contributed by atoms with E-state index in [9.17, 15) is 4.39 Å². The van der Waals surface area contributed by atoms with Gasteiger partial charge in [0.1, 0.15) is 5.82 Å². The summed E-state index contributed by atoms with van der Waals surface area (Å²) in [6.07, 6.45) is 1.92. The second kappa shape index (κ2) is 8.25. The summed E-state index contributed by atoms with van der Waals surface area (Å²) in [5, 5.41) is 3.60. The maximum Gasteiger partial charge on any atom is 0.124 e. The van der Waals surface area contributed by atoms with Crippen molar-refractivity contribution >= 4 is 38.5 Å². The molecule has 0 heterocycles. The Morgan fingerprint density at radius 1 is 1.24 bits per heavy atom. The molecular weight excluding hydrogens is 444 g/mol. The van der Waals surface area contributed by atoms with E-state index in [1.165, 1.54) is 21.3 Å². The molecule has 0 aliphatic carbocycles. The molecule has 2 aromatic carbocycles. The Morgan fingerprint density at radius 2 is 2.00 bits per heavy atom. The van der Waals surface area contributed by atoms with E-state index in [0.717, 1.165) is 29.4 Å². The van der Waals surface area contributed by atoms with Crippen LogP contribution in [0.4, 0.5) is 4.39 Å². The van der Waals surface area contributed by atoms with Crippen LogP contribution in [0.5, 0.6) is 0 Å². The summed E-state index contributed by atoms with van der Waals surface area (Å²) in [6.45, 7) is 3.13. The highest BCUT2D eigenvalue weighted by Gasteiger charge is 2.15. The quantitative estimate of drug-likeness (QED) is 0.562. The number of benzene rings is 2. The normalized spacial score (nSPS) is 12.4. The van der Waals surface area contributed by atoms with Crippen LogP contribution in [0.3, 0.4) is 0 Å². The van der Waals surface area contributed by atoms with Crippen molar-refractivity contribution in [3.8, 4) is 0 Å². The first kappa shape index (κ1) is 16.9. The monoisotopic (exact) mass is 461 g/mol. The fraction of sp³-hybridized carbons (Fsp3) is 0.294. The Bertz CT molecular complexity index is 603. The number of nitrogens with one attached hydrogen (secondary N) is 1. The molecule has 0 aromatic heterocycles. The number of hydrogen-bond acceptors (Lipinski definition) is 1. The third-order valence-electron chi connectivity index (χ3n) is 3.36. The summed E-state index contributed by atoms with van der Waals surface area (Å²) >= 11 is 5.84. The first-order valence-corrected chi connectivity index (χ1v) is 8.90. The minimum absolute atomic E-state index is 0.210. The topological polar surface area (TPSA) is 12.0 Å². The number of hydrogen-bond donors (Lipinski definition) is 1. The van der Waals surface area contributed by atoms with Gasteiger partial charge in [0.15, 0.2) is 0 Å². The third-order valence-corrected chi connectivity index (χ3v) is 5.08. The van der Waals surface area contributed by atoms with Crippen LogP contribution in [-0.4, -0.2) is 6.54 Å². The molecule has 0 saturated heterocycles. The van der Waals surface area contributed by atoms with Crippen LogP contribution in [0.2, 0.25) is 0 Å². The van der Waals surface area contributed by atoms with Crippen LogP contribution in [-0.2, 0) is 6.42 Å². The molecule has 0 saturated carbocycles. The van der Waals surface area contributed by atoms with Gasteiger partial charge in [-0.25, -0.2) is 4.39 Å². The van der Waals surface area contributed by atoms with Crippen molar-refractivity contribution in [1.82, 2.24) is 5.32 Å². The first-order valence-electron chi connectivity index (χ1n) is 7.03. The molecule has 0 aliphatic heterocycles. The number of rotatable bonds is 6. The standard InChI is InChI=1S/C17H18BrFIN/c1-2-9-21-17(14-5-3-4-6-16(14)20)10-12-7-8-13(19)11-15(12)18/h3-8,11,17,21H,2,9-10H2,1H3. The second-order valence-corrected chi connectivity index (χ2v) is 6.98. The molecular formula is C17H18BrFIN. The van der Waals surface area contributed by atoms with Crippen molar-refractivity contribution in [3.63, 3.8) is 0 Å². The maximum atomic E-state index is 13.2. The fourth-order valence-corrected chi connectivity index (χ4v) is 3.55. The van der Waals surface area contributed by atoms with Crippen LogP contribution >= 0.6 is 38.5 Å². The highest BCUT2D eigenvalue weighted by molar-refractivity contribution is 14.1. The summed E-state index contributed by atoms with van der Waals surface area (Å²) in [4.78, 5) is 0. The van der Waals surface area contributed by atoms with Gasteiger partial charge in [0.25, 0.3) is 0 Å². The largest absolute Gasteiger partial charge is 0.310 e. The molecule has 0 aliphatic rings. The molecule has 4 heteroatoms. The Labute approximate surface area is 147 Å². The lowest BCUT2D eigenvalue weighted by molar-refractivity contribution is 0.526. The Hall–Kier alpha value is -0.460. The zero-order chi connectivity index (χ0) is 15.2. The Kier molecular flexibility index (Phi) is 6.64. The van der Waals surface area contributed by atoms with E-state index in [-0.39, 0.29) is 11.9 Å². The SMILES string of the molecule is CCCNC(Cc1ccc(F)cc1Br)c1ccccc1I. The summed E-state index contributed by atoms with van der Waals surface area (Å²) in [6, 6.07) is 13.5. The van der Waals surface area contributed by atoms with Gasteiger partial charge in [0.05, 0.1) is 0 Å². The van der Waals surface area contributed by atoms with Gasteiger partial charge in [0, 0.05) is 14.1 Å². The Balaban J connectivity index is 2.26. The van der Waals surface area contributed by atoms with Crippen LogP contribution in [0.25, 0.3) is 0 Å². The highest BCUT2D eigenvalue weighted by atomic mass is 127. The van der Waals surface area contributed by atoms with Crippen LogP contribution in [0.1, 0.15) is 30.5 Å². The lowest BCUT2D eigenvalue weighted by atomic mass is 9.98. The van der Waals surface area contributed by atoms with E-state index in [0.29, 0.717) is 0 Å². The first-order chi connectivity index (χ1) is 10.1. The van der Waals surface area contributed by atoms with Gasteiger partial charge in [-0.1, -0.05) is 47.1 Å². The average molecular weight is 462 g/mol. The van der Waals surface area contributed by atoms with Crippen LogP contribution < -0.4 is 5.32 Å². The molecule has 0 amide bonds. The predicted octanol–water partition coefficient (Wildman–Crippen LogP) is 5.48. The number of halogens is 3. The van der Waals surface area contributed by atoms with Gasteiger partial charge in [-0.2, -0.15) is 0 Å². The van der Waals surface area contributed by atoms with Gasteiger partial charge in [0.2, 0.25) is 0 Å². The van der Waals surface area contributed by atoms with E-state index in [2.05, 4.69) is 75.0 Å². The molecule has 1 atom stereocenters. The van der Waals surface area contributed by atoms with Crippen molar-refractivity contribution in [3.05, 3.63) is 67.5 Å². The molecule has 112 valence electrons. The highest BCUT2D eigenvalue weighted by Crippen LogP contribution is 2.27. The van der Waals surface area contributed by atoms with Crippen molar-refractivity contribution < 1.29 is 4.39 Å². The predicted molar refractivity (Wildman–Crippen MR) is 98.0 cm³/mol. The molecule has 2 rings (SSSR count). The zero-order valence-corrected chi connectivity index (χ0v) is 15.6. The van der Waals surface area contributed by atoms with Crippen LogP contribution in [0.15, 0.2) is 46.9 Å². The minimum atomic E-state index is -0.210. The van der Waals surface area contributed by atoms with Gasteiger partial charge in [-0.05, 0) is 71.3 Å². The van der Waals surface area contributed by atoms with Crippen molar-refractivity contribution in [1.29, 1.82) is 0 Å². The second-order valence-electron chi connectivity index (χ2n) is 4.97. The fourth-order valence-electron chi connectivity index (χ4n) is 2.28. The van der Waals surface area contributed by atoms with Gasteiger partial charge in [-0.15, -0.1) is 0 Å². The molecule has 0 spiro atoms. The zero-order valence-electron chi connectivity index (χ0n) is 11.9. The van der Waals surface area contributed by atoms with Crippen molar-refractivity contribution in [2.24, 2.45) is 0 Å². The van der Waals surface area contributed by atoms with Crippen LogP contribution in [0, 0.1) is 9.39 Å². The molecule has 2 aromatic rings. The Morgan fingerprint density at radius 3 is 2.67 bits per heavy atom. The molecule has 0 fully saturated rings. The molecule has 0 radical (unpaired) electrons. The molecule has 1 N–H and O–H groups in total. The lowest BCUT2D eigenvalue weighted by Gasteiger charge is -2.21. The minimum Gasteiger partial charge on any atom is -0.310 e. The van der Waals surface area contributed by atoms with Gasteiger partial charge in [-0.3, -0.25) is 0 Å². The van der Waals surface area contributed by atoms with E-state index in [4.69, 9.17) is 0 Å². The molecule has 1 unspecified atom stereocenters. The van der Waals surface area contributed by atoms with E-state index in [1.54, 1.807) is 0 Å². The summed E-state index contributed by atoms with van der Waals surface area (Å²) in [5.74, 6) is -0.210.